The number of ether oxygens (including phenoxy) is 2. The maximum atomic E-state index is 14.1. The van der Waals surface area contributed by atoms with Crippen LogP contribution in [0.5, 0.6) is 5.75 Å². The van der Waals surface area contributed by atoms with E-state index in [1.54, 1.807) is 64.3 Å². The summed E-state index contributed by atoms with van der Waals surface area (Å²) < 4.78 is 47.5. The van der Waals surface area contributed by atoms with Crippen molar-refractivity contribution in [3.8, 4) is 5.75 Å². The Morgan fingerprint density at radius 2 is 1.56 bits per heavy atom. The Labute approximate surface area is 234 Å². The van der Waals surface area contributed by atoms with Crippen LogP contribution in [-0.4, -0.2) is 46.9 Å². The number of methoxy groups -OCH3 is 1. The van der Waals surface area contributed by atoms with Crippen LogP contribution < -0.4 is 9.46 Å². The molecule has 2 aromatic rings. The third-order valence-corrected chi connectivity index (χ3v) is 13.0. The number of carbonyl (C=O) groups excluding carboxylic acids is 1. The summed E-state index contributed by atoms with van der Waals surface area (Å²) in [6.45, 7) is 17.6. The molecule has 8 nitrogen and oxygen atoms in total. The topological polar surface area (TPSA) is 103 Å². The van der Waals surface area contributed by atoms with Crippen LogP contribution in [0.2, 0.25) is 18.1 Å². The molecule has 0 bridgehead atoms. The molecule has 1 aliphatic heterocycles. The summed E-state index contributed by atoms with van der Waals surface area (Å²) in [6, 6.07) is 12.9. The highest BCUT2D eigenvalue weighted by Crippen LogP contribution is 2.48. The fourth-order valence-corrected chi connectivity index (χ4v) is 6.60. The second-order valence-electron chi connectivity index (χ2n) is 12.6. The molecule has 2 atom stereocenters. The zero-order valence-corrected chi connectivity index (χ0v) is 26.5. The minimum Gasteiger partial charge on any atom is -0.497 e. The summed E-state index contributed by atoms with van der Waals surface area (Å²) in [5.74, 6) is 0.212. The summed E-state index contributed by atoms with van der Waals surface area (Å²) >= 11 is 0. The molecule has 214 valence electrons. The molecule has 3 rings (SSSR count). The van der Waals surface area contributed by atoms with Crippen LogP contribution in [0, 0.1) is 6.92 Å². The molecule has 0 spiro atoms. The fraction of sp³-hybridized carbons (Fsp3) is 0.517. The maximum Gasteiger partial charge on any atom is 0.340 e. The number of benzene rings is 2. The Morgan fingerprint density at radius 3 is 2.05 bits per heavy atom. The molecule has 1 N–H and O–H groups in total. The van der Waals surface area contributed by atoms with Gasteiger partial charge in [-0.3, -0.25) is 9.71 Å². The van der Waals surface area contributed by atoms with Crippen LogP contribution in [0.3, 0.4) is 0 Å². The van der Waals surface area contributed by atoms with E-state index in [0.717, 1.165) is 5.56 Å². The van der Waals surface area contributed by atoms with E-state index in [0.29, 0.717) is 11.3 Å². The maximum absolute atomic E-state index is 14.1. The van der Waals surface area contributed by atoms with Crippen LogP contribution in [0.25, 0.3) is 0 Å². The quantitative estimate of drug-likeness (QED) is 0.325. The minimum absolute atomic E-state index is 0.0871. The highest BCUT2D eigenvalue weighted by atomic mass is 32.2. The average molecular weight is 575 g/mol. The number of hydrogen-bond acceptors (Lipinski definition) is 7. The van der Waals surface area contributed by atoms with E-state index in [9.17, 15) is 13.2 Å². The van der Waals surface area contributed by atoms with Gasteiger partial charge in [0.25, 0.3) is 10.0 Å². The Hall–Kier alpha value is -2.69. The highest BCUT2D eigenvalue weighted by Gasteiger charge is 2.59. The van der Waals surface area contributed by atoms with Crippen molar-refractivity contribution < 1.29 is 27.1 Å². The van der Waals surface area contributed by atoms with Crippen LogP contribution >= 0.6 is 0 Å². The van der Waals surface area contributed by atoms with Gasteiger partial charge in [-0.05, 0) is 75.7 Å². The number of rotatable bonds is 7. The number of carbonyl (C=O) groups is 1. The predicted octanol–water partition coefficient (Wildman–Crippen LogP) is 5.93. The van der Waals surface area contributed by atoms with E-state index in [-0.39, 0.29) is 22.2 Å². The lowest BCUT2D eigenvalue weighted by molar-refractivity contribution is -0.176. The second-order valence-corrected chi connectivity index (χ2v) is 19.0. The van der Waals surface area contributed by atoms with Crippen molar-refractivity contribution in [1.82, 2.24) is 4.72 Å². The molecule has 0 saturated carbocycles. The molecule has 0 aromatic heterocycles. The van der Waals surface area contributed by atoms with Crippen LogP contribution in [0.1, 0.15) is 65.1 Å². The Kier molecular flexibility index (Phi) is 8.47. The average Bonchev–Trinajstić information content (AvgIpc) is 3.15. The molecule has 1 aliphatic rings. The highest BCUT2D eigenvalue weighted by molar-refractivity contribution is 7.90. The molecule has 0 amide bonds. The molecule has 10 heteroatoms. The largest absolute Gasteiger partial charge is 0.497 e. The van der Waals surface area contributed by atoms with E-state index < -0.39 is 41.6 Å². The molecule has 0 radical (unpaired) electrons. The van der Waals surface area contributed by atoms with E-state index in [2.05, 4.69) is 38.6 Å². The van der Waals surface area contributed by atoms with Gasteiger partial charge in [-0.25, -0.2) is 13.2 Å². The van der Waals surface area contributed by atoms with Crippen LogP contribution in [0.4, 0.5) is 0 Å². The molecule has 39 heavy (non-hydrogen) atoms. The standard InChI is InChI=1S/C29H42N2O6SSi/c1-20-11-17-23(18-12-20)38(33,34)31-24-19-29(26(32)36-27(2,3)4,37-39(9,10)28(5,6)7)25(30-24)21-13-15-22(35-8)16-14-21/h11-18,25H,19H2,1-10H3,(H,30,31)/t25-,29-/m1/s1. The van der Waals surface area contributed by atoms with Gasteiger partial charge in [-0.2, -0.15) is 0 Å². The van der Waals surface area contributed by atoms with Crippen molar-refractivity contribution in [2.24, 2.45) is 4.99 Å². The van der Waals surface area contributed by atoms with E-state index >= 15 is 0 Å². The van der Waals surface area contributed by atoms with Gasteiger partial charge >= 0.3 is 5.97 Å². The zero-order chi connectivity index (χ0) is 29.4. The second kappa shape index (κ2) is 10.7. The molecular weight excluding hydrogens is 532 g/mol. The van der Waals surface area contributed by atoms with Crippen molar-refractivity contribution in [2.75, 3.05) is 7.11 Å². The summed E-state index contributed by atoms with van der Waals surface area (Å²) in [5, 5.41) is -0.239. The molecular formula is C29H42N2O6SSi. The molecule has 0 unspecified atom stereocenters. The SMILES string of the molecule is COc1ccc([C@H]2N=C(NS(=O)(=O)c3ccc(C)cc3)C[C@]2(O[Si](C)(C)C(C)(C)C)C(=O)OC(C)(C)C)cc1. The Morgan fingerprint density at radius 1 is 1.00 bits per heavy atom. The lowest BCUT2D eigenvalue weighted by Gasteiger charge is -2.45. The summed E-state index contributed by atoms with van der Waals surface area (Å²) in [6.07, 6.45) is -0.0871. The van der Waals surface area contributed by atoms with Crippen LogP contribution in [0.15, 0.2) is 58.4 Å². The number of aliphatic imine (C=N–C) groups is 1. The van der Waals surface area contributed by atoms with Crippen molar-refractivity contribution in [3.63, 3.8) is 0 Å². The van der Waals surface area contributed by atoms with Gasteiger partial charge in [0.15, 0.2) is 13.9 Å². The van der Waals surface area contributed by atoms with Gasteiger partial charge in [0.05, 0.1) is 12.0 Å². The van der Waals surface area contributed by atoms with Gasteiger partial charge in [-0.1, -0.05) is 50.6 Å². The van der Waals surface area contributed by atoms with Gasteiger partial charge in [0.2, 0.25) is 0 Å². The zero-order valence-electron chi connectivity index (χ0n) is 24.7. The number of esters is 1. The van der Waals surface area contributed by atoms with Crippen molar-refractivity contribution in [1.29, 1.82) is 0 Å². The minimum atomic E-state index is -3.96. The first-order valence-electron chi connectivity index (χ1n) is 13.0. The third-order valence-electron chi connectivity index (χ3n) is 7.16. The number of aryl methyl sites for hydroxylation is 1. The van der Waals surface area contributed by atoms with Crippen molar-refractivity contribution in [2.45, 2.75) is 95.2 Å². The predicted molar refractivity (Wildman–Crippen MR) is 156 cm³/mol. The number of sulfonamides is 1. The first-order chi connectivity index (χ1) is 17.8. The number of hydrogen-bond donors (Lipinski definition) is 1. The number of nitrogens with one attached hydrogen (secondary N) is 1. The molecule has 0 saturated heterocycles. The molecule has 0 fully saturated rings. The monoisotopic (exact) mass is 574 g/mol. The van der Waals surface area contributed by atoms with Gasteiger partial charge in [-0.15, -0.1) is 0 Å². The number of nitrogens with zero attached hydrogens (tertiary/aromatic N) is 1. The Bertz CT molecular complexity index is 1320. The molecule has 2 aromatic carbocycles. The van der Waals surface area contributed by atoms with Crippen molar-refractivity contribution >= 4 is 30.1 Å². The van der Waals surface area contributed by atoms with E-state index in [1.807, 2.05) is 19.1 Å². The summed E-state index contributed by atoms with van der Waals surface area (Å²) in [7, 11) is -4.99. The van der Waals surface area contributed by atoms with Gasteiger partial charge in [0, 0.05) is 6.42 Å². The summed E-state index contributed by atoms with van der Waals surface area (Å²) in [4.78, 5) is 19.0. The fourth-order valence-electron chi connectivity index (χ4n) is 4.07. The normalized spacial score (nSPS) is 20.4. The van der Waals surface area contributed by atoms with Gasteiger partial charge < -0.3 is 13.9 Å². The lowest BCUT2D eigenvalue weighted by Crippen LogP contribution is -2.57. The first-order valence-corrected chi connectivity index (χ1v) is 17.4. The van der Waals surface area contributed by atoms with E-state index in [4.69, 9.17) is 18.9 Å². The Balaban J connectivity index is 2.17. The van der Waals surface area contributed by atoms with E-state index in [1.165, 1.54) is 0 Å². The third kappa shape index (κ3) is 6.91. The number of amidine groups is 1. The lowest BCUT2D eigenvalue weighted by atomic mass is 9.88. The first kappa shape index (κ1) is 30.8. The van der Waals surface area contributed by atoms with Crippen LogP contribution in [-0.2, 0) is 24.0 Å². The molecule has 0 aliphatic carbocycles. The summed E-state index contributed by atoms with van der Waals surface area (Å²) in [5.41, 5.74) is -0.741. The molecule has 1 heterocycles. The van der Waals surface area contributed by atoms with Gasteiger partial charge in [0.1, 0.15) is 23.2 Å². The van der Waals surface area contributed by atoms with Crippen molar-refractivity contribution in [3.05, 3.63) is 59.7 Å². The smallest absolute Gasteiger partial charge is 0.340 e.